The van der Waals surface area contributed by atoms with Gasteiger partial charge in [0.25, 0.3) is 0 Å². The average Bonchev–Trinajstić information content (AvgIpc) is 2.97. The van der Waals surface area contributed by atoms with Crippen LogP contribution in [0.1, 0.15) is 28.6 Å². The standard InChI is InChI=1S/C15H14N2O2/c1-2-17(10-14-4-3-7-19-14)15-6-5-12(11-18)8-13(15)9-16/h3-8,11H,2,10H2,1H3. The zero-order valence-corrected chi connectivity index (χ0v) is 10.7. The van der Waals surface area contributed by atoms with Crippen LogP contribution in [-0.2, 0) is 6.54 Å². The minimum atomic E-state index is 0.498. The van der Waals surface area contributed by atoms with Crippen molar-refractivity contribution >= 4 is 12.0 Å². The summed E-state index contributed by atoms with van der Waals surface area (Å²) in [6, 6.07) is 11.0. The lowest BCUT2D eigenvalue weighted by molar-refractivity contribution is 0.112. The first-order valence-electron chi connectivity index (χ1n) is 6.05. The van der Waals surface area contributed by atoms with Crippen LogP contribution in [0, 0.1) is 11.3 Å². The Morgan fingerprint density at radius 1 is 1.42 bits per heavy atom. The molecule has 0 radical (unpaired) electrons. The number of anilines is 1. The van der Waals surface area contributed by atoms with Gasteiger partial charge >= 0.3 is 0 Å². The van der Waals surface area contributed by atoms with Crippen molar-refractivity contribution in [2.45, 2.75) is 13.5 Å². The Morgan fingerprint density at radius 2 is 2.26 bits per heavy atom. The SMILES string of the molecule is CCN(Cc1ccco1)c1ccc(C=O)cc1C#N. The first kappa shape index (κ1) is 12.9. The molecular weight excluding hydrogens is 240 g/mol. The molecule has 0 aliphatic carbocycles. The van der Waals surface area contributed by atoms with E-state index in [2.05, 4.69) is 6.07 Å². The van der Waals surface area contributed by atoms with Gasteiger partial charge in [0.2, 0.25) is 0 Å². The fourth-order valence-corrected chi connectivity index (χ4v) is 1.95. The van der Waals surface area contributed by atoms with E-state index in [0.717, 1.165) is 24.3 Å². The zero-order valence-electron chi connectivity index (χ0n) is 10.7. The van der Waals surface area contributed by atoms with Gasteiger partial charge < -0.3 is 9.32 Å². The number of nitriles is 1. The Labute approximate surface area is 111 Å². The van der Waals surface area contributed by atoms with E-state index >= 15 is 0 Å². The summed E-state index contributed by atoms with van der Waals surface area (Å²) in [6.45, 7) is 3.35. The van der Waals surface area contributed by atoms with Crippen LogP contribution < -0.4 is 4.90 Å². The first-order chi connectivity index (χ1) is 9.28. The summed E-state index contributed by atoms with van der Waals surface area (Å²) >= 11 is 0. The number of aldehydes is 1. The van der Waals surface area contributed by atoms with E-state index in [4.69, 9.17) is 4.42 Å². The number of carbonyl (C=O) groups is 1. The Bertz CT molecular complexity index is 597. The van der Waals surface area contributed by atoms with Crippen molar-refractivity contribution in [1.29, 1.82) is 5.26 Å². The minimum absolute atomic E-state index is 0.498. The molecule has 0 spiro atoms. The molecule has 0 saturated heterocycles. The second-order valence-corrected chi connectivity index (χ2v) is 4.10. The normalized spacial score (nSPS) is 9.89. The third-order valence-corrected chi connectivity index (χ3v) is 2.93. The summed E-state index contributed by atoms with van der Waals surface area (Å²) < 4.78 is 5.32. The van der Waals surface area contributed by atoms with Crippen LogP contribution in [0.3, 0.4) is 0 Å². The van der Waals surface area contributed by atoms with E-state index < -0.39 is 0 Å². The van der Waals surface area contributed by atoms with Crippen molar-refractivity contribution in [1.82, 2.24) is 0 Å². The first-order valence-corrected chi connectivity index (χ1v) is 6.05. The Hall–Kier alpha value is -2.54. The molecule has 1 heterocycles. The molecule has 0 aliphatic rings. The monoisotopic (exact) mass is 254 g/mol. The highest BCUT2D eigenvalue weighted by atomic mass is 16.3. The highest BCUT2D eigenvalue weighted by Gasteiger charge is 2.12. The van der Waals surface area contributed by atoms with Gasteiger partial charge in [-0.25, -0.2) is 0 Å². The molecule has 0 amide bonds. The molecule has 0 N–H and O–H groups in total. The number of furan rings is 1. The molecule has 4 nitrogen and oxygen atoms in total. The van der Waals surface area contributed by atoms with Crippen molar-refractivity contribution in [3.63, 3.8) is 0 Å². The van der Waals surface area contributed by atoms with Gasteiger partial charge in [-0.15, -0.1) is 0 Å². The topological polar surface area (TPSA) is 57.2 Å². The maximum atomic E-state index is 10.7. The molecule has 19 heavy (non-hydrogen) atoms. The maximum absolute atomic E-state index is 10.7. The fraction of sp³-hybridized carbons (Fsp3) is 0.200. The largest absolute Gasteiger partial charge is 0.467 e. The molecule has 96 valence electrons. The molecule has 1 aromatic carbocycles. The number of nitrogens with zero attached hydrogens (tertiary/aromatic N) is 2. The van der Waals surface area contributed by atoms with Crippen LogP contribution in [0.15, 0.2) is 41.0 Å². The third kappa shape index (κ3) is 2.83. The van der Waals surface area contributed by atoms with Gasteiger partial charge in [-0.2, -0.15) is 5.26 Å². The van der Waals surface area contributed by atoms with Crippen LogP contribution in [0.25, 0.3) is 0 Å². The fourth-order valence-electron chi connectivity index (χ4n) is 1.95. The molecule has 2 rings (SSSR count). The summed E-state index contributed by atoms with van der Waals surface area (Å²) in [7, 11) is 0. The minimum Gasteiger partial charge on any atom is -0.467 e. The molecule has 0 saturated carbocycles. The van der Waals surface area contributed by atoms with E-state index in [0.29, 0.717) is 17.7 Å². The second kappa shape index (κ2) is 5.87. The predicted molar refractivity (Wildman–Crippen MR) is 72.0 cm³/mol. The zero-order chi connectivity index (χ0) is 13.7. The number of carbonyl (C=O) groups excluding carboxylic acids is 1. The Kier molecular flexibility index (Phi) is 3.99. The number of rotatable bonds is 5. The second-order valence-electron chi connectivity index (χ2n) is 4.10. The maximum Gasteiger partial charge on any atom is 0.150 e. The molecule has 0 atom stereocenters. The lowest BCUT2D eigenvalue weighted by Gasteiger charge is -2.23. The lowest BCUT2D eigenvalue weighted by atomic mass is 10.1. The molecular formula is C15H14N2O2. The average molecular weight is 254 g/mol. The van der Waals surface area contributed by atoms with Crippen molar-refractivity contribution < 1.29 is 9.21 Å². The van der Waals surface area contributed by atoms with Gasteiger partial charge in [0.15, 0.2) is 0 Å². The van der Waals surface area contributed by atoms with Crippen molar-refractivity contribution in [3.05, 3.63) is 53.5 Å². The van der Waals surface area contributed by atoms with Crippen LogP contribution in [0.2, 0.25) is 0 Å². The van der Waals surface area contributed by atoms with Gasteiger partial charge in [0.1, 0.15) is 18.1 Å². The molecule has 2 aromatic rings. The van der Waals surface area contributed by atoms with Gasteiger partial charge in [0, 0.05) is 12.1 Å². The van der Waals surface area contributed by atoms with Crippen molar-refractivity contribution in [2.75, 3.05) is 11.4 Å². The molecule has 1 aromatic heterocycles. The smallest absolute Gasteiger partial charge is 0.150 e. The summed E-state index contributed by atoms with van der Waals surface area (Å²) in [4.78, 5) is 12.8. The summed E-state index contributed by atoms with van der Waals surface area (Å²) in [6.07, 6.45) is 2.37. The number of hydrogen-bond donors (Lipinski definition) is 0. The van der Waals surface area contributed by atoms with Crippen LogP contribution in [-0.4, -0.2) is 12.8 Å². The third-order valence-electron chi connectivity index (χ3n) is 2.93. The van der Waals surface area contributed by atoms with Crippen LogP contribution in [0.5, 0.6) is 0 Å². The van der Waals surface area contributed by atoms with E-state index in [1.165, 1.54) is 0 Å². The van der Waals surface area contributed by atoms with Crippen molar-refractivity contribution in [2.24, 2.45) is 0 Å². The van der Waals surface area contributed by atoms with Gasteiger partial charge in [-0.3, -0.25) is 4.79 Å². The Morgan fingerprint density at radius 3 is 2.84 bits per heavy atom. The summed E-state index contributed by atoms with van der Waals surface area (Å²) in [5.74, 6) is 0.838. The van der Waals surface area contributed by atoms with E-state index in [1.54, 1.807) is 24.5 Å². The summed E-state index contributed by atoms with van der Waals surface area (Å²) in [5.41, 5.74) is 1.82. The van der Waals surface area contributed by atoms with Crippen LogP contribution in [0.4, 0.5) is 5.69 Å². The molecule has 0 fully saturated rings. The molecule has 0 unspecified atom stereocenters. The predicted octanol–water partition coefficient (Wildman–Crippen LogP) is 2.99. The molecule has 4 heteroatoms. The molecule has 0 bridgehead atoms. The van der Waals surface area contributed by atoms with E-state index in [-0.39, 0.29) is 0 Å². The van der Waals surface area contributed by atoms with Gasteiger partial charge in [0.05, 0.1) is 24.1 Å². The highest BCUT2D eigenvalue weighted by Crippen LogP contribution is 2.23. The number of benzene rings is 1. The lowest BCUT2D eigenvalue weighted by Crippen LogP contribution is -2.22. The Balaban J connectivity index is 2.32. The quantitative estimate of drug-likeness (QED) is 0.770. The van der Waals surface area contributed by atoms with E-state index in [9.17, 15) is 10.1 Å². The van der Waals surface area contributed by atoms with Gasteiger partial charge in [-0.05, 0) is 37.3 Å². The summed E-state index contributed by atoms with van der Waals surface area (Å²) in [5, 5.41) is 9.19. The molecule has 0 aliphatic heterocycles. The number of hydrogen-bond acceptors (Lipinski definition) is 4. The van der Waals surface area contributed by atoms with Gasteiger partial charge in [-0.1, -0.05) is 0 Å². The van der Waals surface area contributed by atoms with E-state index in [1.807, 2.05) is 24.0 Å². The van der Waals surface area contributed by atoms with Crippen LogP contribution >= 0.6 is 0 Å². The van der Waals surface area contributed by atoms with Crippen molar-refractivity contribution in [3.8, 4) is 6.07 Å². The highest BCUT2D eigenvalue weighted by molar-refractivity contribution is 5.78.